The summed E-state index contributed by atoms with van der Waals surface area (Å²) >= 11 is 0. The van der Waals surface area contributed by atoms with Crippen LogP contribution in [0.1, 0.15) is 17.4 Å². The van der Waals surface area contributed by atoms with Crippen LogP contribution in [-0.2, 0) is 11.8 Å². The molecule has 100 valence electrons. The molecule has 0 saturated heterocycles. The number of amides is 2. The number of hydrogen-bond donors (Lipinski definition) is 2. The van der Waals surface area contributed by atoms with Crippen LogP contribution in [0, 0.1) is 0 Å². The molecule has 0 fully saturated rings. The second-order valence-corrected chi connectivity index (χ2v) is 4.43. The molecule has 0 bridgehead atoms. The molecule has 1 unspecified atom stereocenters. The number of rotatable bonds is 5. The van der Waals surface area contributed by atoms with E-state index in [1.165, 1.54) is 0 Å². The Balaban J connectivity index is 2.46. The van der Waals surface area contributed by atoms with E-state index >= 15 is 0 Å². The lowest BCUT2D eigenvalue weighted by Gasteiger charge is -2.17. The second kappa shape index (κ2) is 6.32. The summed E-state index contributed by atoms with van der Waals surface area (Å²) in [6.45, 7) is 2.09. The predicted octanol–water partition coefficient (Wildman–Crippen LogP) is -0.406. The van der Waals surface area contributed by atoms with E-state index in [9.17, 15) is 9.59 Å². The fourth-order valence-electron chi connectivity index (χ4n) is 1.69. The van der Waals surface area contributed by atoms with Crippen LogP contribution in [0.15, 0.2) is 18.3 Å². The Hall–Kier alpha value is -1.66. The monoisotopic (exact) mass is 253 g/mol. The molecule has 0 saturated carbocycles. The van der Waals surface area contributed by atoms with E-state index in [0.29, 0.717) is 12.2 Å². The Morgan fingerprint density at radius 1 is 1.56 bits per heavy atom. The standard InChI is InChI=1S/C12H19N3O3/c1-9(16)7-14(2)8-11(17)13-12(18)10-5-4-6-15(10)3/h4-6,9,16H,7-8H2,1-3H3,(H,13,17,18). The molecule has 0 aromatic carbocycles. The molecule has 6 heteroatoms. The summed E-state index contributed by atoms with van der Waals surface area (Å²) in [6.07, 6.45) is 1.23. The zero-order chi connectivity index (χ0) is 13.7. The molecular formula is C12H19N3O3. The molecule has 0 aliphatic rings. The highest BCUT2D eigenvalue weighted by Crippen LogP contribution is 1.99. The number of carbonyl (C=O) groups is 2. The van der Waals surface area contributed by atoms with Crippen molar-refractivity contribution in [2.24, 2.45) is 7.05 Å². The average molecular weight is 253 g/mol. The number of aliphatic hydroxyl groups is 1. The topological polar surface area (TPSA) is 74.6 Å². The van der Waals surface area contributed by atoms with Gasteiger partial charge in [0.1, 0.15) is 5.69 Å². The highest BCUT2D eigenvalue weighted by Gasteiger charge is 2.14. The van der Waals surface area contributed by atoms with Crippen LogP contribution < -0.4 is 5.32 Å². The third kappa shape index (κ3) is 4.31. The first kappa shape index (κ1) is 14.4. The number of carbonyl (C=O) groups excluding carboxylic acids is 2. The molecule has 1 heterocycles. The van der Waals surface area contributed by atoms with Crippen molar-refractivity contribution in [1.29, 1.82) is 0 Å². The lowest BCUT2D eigenvalue weighted by Crippen LogP contribution is -2.40. The zero-order valence-corrected chi connectivity index (χ0v) is 10.9. The minimum atomic E-state index is -0.508. The van der Waals surface area contributed by atoms with E-state index in [0.717, 1.165) is 0 Å². The summed E-state index contributed by atoms with van der Waals surface area (Å²) in [5.41, 5.74) is 0.432. The van der Waals surface area contributed by atoms with E-state index < -0.39 is 12.0 Å². The van der Waals surface area contributed by atoms with Gasteiger partial charge < -0.3 is 9.67 Å². The van der Waals surface area contributed by atoms with Crippen molar-refractivity contribution < 1.29 is 14.7 Å². The minimum Gasteiger partial charge on any atom is -0.392 e. The van der Waals surface area contributed by atoms with Gasteiger partial charge in [-0.15, -0.1) is 0 Å². The molecule has 2 N–H and O–H groups in total. The van der Waals surface area contributed by atoms with E-state index in [4.69, 9.17) is 5.11 Å². The smallest absolute Gasteiger partial charge is 0.274 e. The normalized spacial score (nSPS) is 12.5. The van der Waals surface area contributed by atoms with Crippen LogP contribution in [0.3, 0.4) is 0 Å². The lowest BCUT2D eigenvalue weighted by atomic mass is 10.3. The Kier molecular flexibility index (Phi) is 5.06. The molecular weight excluding hydrogens is 234 g/mol. The maximum Gasteiger partial charge on any atom is 0.274 e. The number of aryl methyl sites for hydroxylation is 1. The van der Waals surface area contributed by atoms with Gasteiger partial charge in [-0.05, 0) is 26.1 Å². The fourth-order valence-corrected chi connectivity index (χ4v) is 1.69. The molecule has 6 nitrogen and oxygen atoms in total. The zero-order valence-electron chi connectivity index (χ0n) is 10.9. The van der Waals surface area contributed by atoms with Crippen molar-refractivity contribution in [2.75, 3.05) is 20.1 Å². The third-order valence-corrected chi connectivity index (χ3v) is 2.42. The number of likely N-dealkylation sites (N-methyl/N-ethyl adjacent to an activating group) is 1. The fraction of sp³-hybridized carbons (Fsp3) is 0.500. The van der Waals surface area contributed by atoms with Gasteiger partial charge in [-0.2, -0.15) is 0 Å². The predicted molar refractivity (Wildman–Crippen MR) is 67.1 cm³/mol. The van der Waals surface area contributed by atoms with E-state index in [2.05, 4.69) is 5.32 Å². The first-order chi connectivity index (χ1) is 8.40. The maximum atomic E-state index is 11.7. The Morgan fingerprint density at radius 3 is 2.72 bits per heavy atom. The number of hydrogen-bond acceptors (Lipinski definition) is 4. The largest absolute Gasteiger partial charge is 0.392 e. The van der Waals surface area contributed by atoms with E-state index in [1.54, 1.807) is 48.8 Å². The number of aromatic nitrogens is 1. The van der Waals surface area contributed by atoms with Gasteiger partial charge in [0.15, 0.2) is 0 Å². The van der Waals surface area contributed by atoms with Crippen molar-refractivity contribution in [2.45, 2.75) is 13.0 Å². The number of nitrogens with one attached hydrogen (secondary N) is 1. The van der Waals surface area contributed by atoms with E-state index in [1.807, 2.05) is 0 Å². The van der Waals surface area contributed by atoms with Gasteiger partial charge >= 0.3 is 0 Å². The SMILES string of the molecule is CC(O)CN(C)CC(=O)NC(=O)c1cccn1C. The van der Waals surface area contributed by atoms with Crippen molar-refractivity contribution in [3.63, 3.8) is 0 Å². The van der Waals surface area contributed by atoms with Gasteiger partial charge in [-0.25, -0.2) is 0 Å². The van der Waals surface area contributed by atoms with Gasteiger partial charge in [0.2, 0.25) is 5.91 Å². The number of imide groups is 1. The molecule has 1 aromatic rings. The maximum absolute atomic E-state index is 11.7. The summed E-state index contributed by atoms with van der Waals surface area (Å²) in [7, 11) is 3.44. The summed E-state index contributed by atoms with van der Waals surface area (Å²) in [5.74, 6) is -0.803. The molecule has 0 radical (unpaired) electrons. The Labute approximate surface area is 106 Å². The quantitative estimate of drug-likeness (QED) is 0.748. The Bertz CT molecular complexity index is 426. The summed E-state index contributed by atoms with van der Waals surface area (Å²) in [6, 6.07) is 3.38. The highest BCUT2D eigenvalue weighted by molar-refractivity contribution is 6.04. The van der Waals surface area contributed by atoms with Crippen molar-refractivity contribution in [3.8, 4) is 0 Å². The first-order valence-electron chi connectivity index (χ1n) is 5.72. The second-order valence-electron chi connectivity index (χ2n) is 4.43. The Morgan fingerprint density at radius 2 is 2.22 bits per heavy atom. The van der Waals surface area contributed by atoms with Crippen molar-refractivity contribution in [1.82, 2.24) is 14.8 Å². The summed E-state index contributed by atoms with van der Waals surface area (Å²) < 4.78 is 1.64. The van der Waals surface area contributed by atoms with Gasteiger partial charge in [0.05, 0.1) is 12.6 Å². The molecule has 1 rings (SSSR count). The number of nitrogens with zero attached hydrogens (tertiary/aromatic N) is 2. The molecule has 18 heavy (non-hydrogen) atoms. The lowest BCUT2D eigenvalue weighted by molar-refractivity contribution is -0.121. The van der Waals surface area contributed by atoms with Crippen LogP contribution in [0.2, 0.25) is 0 Å². The highest BCUT2D eigenvalue weighted by atomic mass is 16.3. The van der Waals surface area contributed by atoms with Crippen LogP contribution in [-0.4, -0.2) is 52.6 Å². The van der Waals surface area contributed by atoms with Gasteiger partial charge in [-0.3, -0.25) is 19.8 Å². The van der Waals surface area contributed by atoms with Gasteiger partial charge in [0.25, 0.3) is 5.91 Å². The molecule has 0 spiro atoms. The van der Waals surface area contributed by atoms with Crippen LogP contribution in [0.4, 0.5) is 0 Å². The van der Waals surface area contributed by atoms with Gasteiger partial charge in [-0.1, -0.05) is 0 Å². The van der Waals surface area contributed by atoms with Crippen LogP contribution in [0.5, 0.6) is 0 Å². The van der Waals surface area contributed by atoms with Crippen LogP contribution >= 0.6 is 0 Å². The number of aliphatic hydroxyl groups excluding tert-OH is 1. The van der Waals surface area contributed by atoms with Gasteiger partial charge in [0, 0.05) is 19.8 Å². The first-order valence-corrected chi connectivity index (χ1v) is 5.72. The van der Waals surface area contributed by atoms with E-state index in [-0.39, 0.29) is 12.5 Å². The molecule has 1 atom stereocenters. The molecule has 0 aliphatic carbocycles. The molecule has 1 aromatic heterocycles. The third-order valence-electron chi connectivity index (χ3n) is 2.42. The average Bonchev–Trinajstić information content (AvgIpc) is 2.62. The summed E-state index contributed by atoms with van der Waals surface area (Å²) in [5, 5.41) is 11.5. The molecule has 0 aliphatic heterocycles. The van der Waals surface area contributed by atoms with Crippen molar-refractivity contribution >= 4 is 11.8 Å². The van der Waals surface area contributed by atoms with Crippen molar-refractivity contribution in [3.05, 3.63) is 24.0 Å². The summed E-state index contributed by atoms with van der Waals surface area (Å²) in [4.78, 5) is 25.0. The van der Waals surface area contributed by atoms with Crippen LogP contribution in [0.25, 0.3) is 0 Å². The minimum absolute atomic E-state index is 0.0705. The molecule has 2 amide bonds.